The molecule has 0 bridgehead atoms. The minimum Gasteiger partial charge on any atom is -0.451 e. The number of hydrogen-bond acceptors (Lipinski definition) is 8. The van der Waals surface area contributed by atoms with Gasteiger partial charge in [0, 0.05) is 11.8 Å². The number of nitrogens with one attached hydrogen (secondary N) is 1. The van der Waals surface area contributed by atoms with Gasteiger partial charge in [-0.15, -0.1) is 0 Å². The quantitative estimate of drug-likeness (QED) is 0.675. The molecule has 0 fully saturated rings. The van der Waals surface area contributed by atoms with Crippen molar-refractivity contribution < 1.29 is 12.8 Å². The van der Waals surface area contributed by atoms with Crippen LogP contribution in [0.3, 0.4) is 0 Å². The largest absolute Gasteiger partial charge is 0.451 e. The second-order valence-corrected chi connectivity index (χ2v) is 7.98. The number of nitrogens with zero attached hydrogens (tertiary/aromatic N) is 3. The van der Waals surface area contributed by atoms with Gasteiger partial charge in [-0.2, -0.15) is 4.98 Å². The third kappa shape index (κ3) is 3.67. The molecule has 0 spiro atoms. The molecule has 2 heterocycles. The number of oxazole rings is 1. The summed E-state index contributed by atoms with van der Waals surface area (Å²) >= 11 is 0. The average Bonchev–Trinajstić information content (AvgIpc) is 3.14. The maximum atomic E-state index is 12.1. The smallest absolute Gasteiger partial charge is 0.221 e. The monoisotopic (exact) mass is 373 g/mol. The summed E-state index contributed by atoms with van der Waals surface area (Å²) in [5, 5.41) is 3.17. The summed E-state index contributed by atoms with van der Waals surface area (Å²) in [7, 11) is -3.26. The summed E-state index contributed by atoms with van der Waals surface area (Å²) < 4.78 is 29.1. The Balaban J connectivity index is 1.98. The molecular formula is C17H19N5O3S. The average molecular weight is 373 g/mol. The van der Waals surface area contributed by atoms with E-state index in [0.717, 1.165) is 16.7 Å². The van der Waals surface area contributed by atoms with Crippen molar-refractivity contribution in [3.05, 3.63) is 48.3 Å². The molecule has 0 radical (unpaired) electrons. The van der Waals surface area contributed by atoms with Gasteiger partial charge in [-0.05, 0) is 30.2 Å². The number of benzene rings is 1. The zero-order chi connectivity index (χ0) is 18.7. The van der Waals surface area contributed by atoms with Crippen molar-refractivity contribution in [2.45, 2.75) is 25.3 Å². The number of anilines is 2. The molecule has 0 amide bonds. The number of hydrogen-bond donors (Lipinski definition) is 2. The van der Waals surface area contributed by atoms with Crippen molar-refractivity contribution in [3.8, 4) is 11.1 Å². The molecule has 2 aromatic heterocycles. The lowest BCUT2D eigenvalue weighted by Gasteiger charge is -2.13. The van der Waals surface area contributed by atoms with Crippen molar-refractivity contribution >= 4 is 21.6 Å². The van der Waals surface area contributed by atoms with Crippen LogP contribution in [-0.2, 0) is 16.4 Å². The minimum absolute atomic E-state index is 0.0568. The van der Waals surface area contributed by atoms with Crippen LogP contribution in [-0.4, -0.2) is 29.1 Å². The van der Waals surface area contributed by atoms with E-state index in [4.69, 9.17) is 10.2 Å². The lowest BCUT2D eigenvalue weighted by Crippen LogP contribution is -2.07. The van der Waals surface area contributed by atoms with Crippen LogP contribution in [0.2, 0.25) is 0 Å². The second kappa shape index (κ2) is 7.12. The van der Waals surface area contributed by atoms with E-state index >= 15 is 0 Å². The fraction of sp³-hybridized carbons (Fsp3) is 0.235. The topological polar surface area (TPSA) is 124 Å². The Morgan fingerprint density at radius 3 is 2.69 bits per heavy atom. The standard InChI is InChI=1S/C17H19N5O3S/c1-3-26(23,24)13-4-5-14(11(2)6-13)15-8-20-17(18)22-16(15)19-7-12-9-25-10-21-12/h4-6,8-10H,3,7H2,1-2H3,(H3,18,19,20,22). The summed E-state index contributed by atoms with van der Waals surface area (Å²) in [6.07, 6.45) is 4.50. The first kappa shape index (κ1) is 17.9. The van der Waals surface area contributed by atoms with Crippen LogP contribution >= 0.6 is 0 Å². The Morgan fingerprint density at radius 2 is 2.04 bits per heavy atom. The highest BCUT2D eigenvalue weighted by molar-refractivity contribution is 7.91. The van der Waals surface area contributed by atoms with Crippen molar-refractivity contribution in [3.63, 3.8) is 0 Å². The summed E-state index contributed by atoms with van der Waals surface area (Å²) in [4.78, 5) is 12.7. The highest BCUT2D eigenvalue weighted by atomic mass is 32.2. The predicted octanol–water partition coefficient (Wildman–Crippen LogP) is 2.43. The van der Waals surface area contributed by atoms with E-state index in [1.807, 2.05) is 6.92 Å². The lowest BCUT2D eigenvalue weighted by molar-refractivity contribution is 0.556. The number of sulfone groups is 1. The third-order valence-corrected chi connectivity index (χ3v) is 5.69. The van der Waals surface area contributed by atoms with E-state index in [1.54, 1.807) is 31.3 Å². The number of aromatic nitrogens is 3. The van der Waals surface area contributed by atoms with Crippen LogP contribution < -0.4 is 11.1 Å². The molecule has 1 aromatic carbocycles. The van der Waals surface area contributed by atoms with Gasteiger partial charge in [-0.3, -0.25) is 0 Å². The normalized spacial score (nSPS) is 11.5. The SMILES string of the molecule is CCS(=O)(=O)c1ccc(-c2cnc(N)nc2NCc2cocn2)c(C)c1. The van der Waals surface area contributed by atoms with E-state index in [9.17, 15) is 8.42 Å². The van der Waals surface area contributed by atoms with Gasteiger partial charge >= 0.3 is 0 Å². The van der Waals surface area contributed by atoms with Crippen LogP contribution in [0.15, 0.2) is 46.4 Å². The highest BCUT2D eigenvalue weighted by Gasteiger charge is 2.16. The van der Waals surface area contributed by atoms with Crippen LogP contribution in [0.4, 0.5) is 11.8 Å². The minimum atomic E-state index is -3.26. The number of aryl methyl sites for hydroxylation is 1. The maximum absolute atomic E-state index is 12.1. The number of nitrogen functional groups attached to an aromatic ring is 1. The van der Waals surface area contributed by atoms with Crippen molar-refractivity contribution in [2.24, 2.45) is 0 Å². The van der Waals surface area contributed by atoms with E-state index in [-0.39, 0.29) is 11.7 Å². The van der Waals surface area contributed by atoms with Gasteiger partial charge in [0.2, 0.25) is 5.95 Å². The van der Waals surface area contributed by atoms with Crippen LogP contribution in [0.25, 0.3) is 11.1 Å². The maximum Gasteiger partial charge on any atom is 0.221 e. The van der Waals surface area contributed by atoms with Gasteiger partial charge in [-0.1, -0.05) is 13.0 Å². The highest BCUT2D eigenvalue weighted by Crippen LogP contribution is 2.31. The Hall–Kier alpha value is -2.94. The van der Waals surface area contributed by atoms with Crippen LogP contribution in [0.5, 0.6) is 0 Å². The van der Waals surface area contributed by atoms with Crippen molar-refractivity contribution in [2.75, 3.05) is 16.8 Å². The summed E-state index contributed by atoms with van der Waals surface area (Å²) in [5.74, 6) is 0.732. The molecule has 26 heavy (non-hydrogen) atoms. The van der Waals surface area contributed by atoms with Gasteiger partial charge < -0.3 is 15.5 Å². The summed E-state index contributed by atoms with van der Waals surface area (Å²) in [6.45, 7) is 3.88. The Bertz CT molecular complexity index is 1020. The molecule has 0 aliphatic heterocycles. The number of nitrogens with two attached hydrogens (primary N) is 1. The van der Waals surface area contributed by atoms with E-state index in [0.29, 0.717) is 23.0 Å². The molecule has 0 aliphatic rings. The second-order valence-electron chi connectivity index (χ2n) is 5.70. The first-order valence-corrected chi connectivity index (χ1v) is 9.63. The summed E-state index contributed by atoms with van der Waals surface area (Å²) in [6, 6.07) is 5.01. The molecule has 0 saturated carbocycles. The van der Waals surface area contributed by atoms with Gasteiger partial charge in [-0.25, -0.2) is 18.4 Å². The molecule has 136 valence electrons. The number of rotatable bonds is 6. The zero-order valence-electron chi connectivity index (χ0n) is 14.4. The van der Waals surface area contributed by atoms with Gasteiger partial charge in [0.1, 0.15) is 12.1 Å². The molecule has 3 aromatic rings. The van der Waals surface area contributed by atoms with Gasteiger partial charge in [0.25, 0.3) is 0 Å². The molecule has 0 aliphatic carbocycles. The predicted molar refractivity (Wildman–Crippen MR) is 98.2 cm³/mol. The molecule has 8 nitrogen and oxygen atoms in total. The first-order valence-electron chi connectivity index (χ1n) is 7.98. The van der Waals surface area contributed by atoms with E-state index < -0.39 is 9.84 Å². The molecule has 9 heteroatoms. The molecule has 3 rings (SSSR count). The van der Waals surface area contributed by atoms with Crippen molar-refractivity contribution in [1.29, 1.82) is 0 Å². The van der Waals surface area contributed by atoms with E-state index in [2.05, 4.69) is 20.3 Å². The van der Waals surface area contributed by atoms with Gasteiger partial charge in [0.05, 0.1) is 22.9 Å². The first-order chi connectivity index (χ1) is 12.4. The van der Waals surface area contributed by atoms with Crippen LogP contribution in [0.1, 0.15) is 18.2 Å². The molecular weight excluding hydrogens is 354 g/mol. The Morgan fingerprint density at radius 1 is 1.23 bits per heavy atom. The Kier molecular flexibility index (Phi) is 4.90. The molecule has 0 atom stereocenters. The molecule has 0 saturated heterocycles. The Labute approximate surface area is 151 Å². The zero-order valence-corrected chi connectivity index (χ0v) is 15.2. The molecule has 0 unspecified atom stereocenters. The van der Waals surface area contributed by atoms with Gasteiger partial charge in [0.15, 0.2) is 16.2 Å². The van der Waals surface area contributed by atoms with E-state index in [1.165, 1.54) is 12.7 Å². The summed E-state index contributed by atoms with van der Waals surface area (Å²) in [5.41, 5.74) is 8.78. The third-order valence-electron chi connectivity index (χ3n) is 3.96. The lowest BCUT2D eigenvalue weighted by atomic mass is 10.0. The fourth-order valence-electron chi connectivity index (χ4n) is 2.52. The van der Waals surface area contributed by atoms with Crippen molar-refractivity contribution in [1.82, 2.24) is 15.0 Å². The van der Waals surface area contributed by atoms with Crippen LogP contribution in [0, 0.1) is 6.92 Å². The molecule has 3 N–H and O–H groups in total. The fourth-order valence-corrected chi connectivity index (χ4v) is 3.49.